The molecule has 0 aromatic carbocycles. The molecule has 1 aliphatic rings. The summed E-state index contributed by atoms with van der Waals surface area (Å²) in [6.45, 7) is 3.46. The topological polar surface area (TPSA) is 66.5 Å². The van der Waals surface area contributed by atoms with Crippen molar-refractivity contribution in [3.8, 4) is 0 Å². The van der Waals surface area contributed by atoms with Crippen LogP contribution in [0.3, 0.4) is 0 Å². The third-order valence-corrected chi connectivity index (χ3v) is 3.39. The first kappa shape index (κ1) is 13.4. The second-order valence-electron chi connectivity index (χ2n) is 4.17. The van der Waals surface area contributed by atoms with E-state index in [1.54, 1.807) is 6.20 Å². The number of hydrogen-bond acceptors (Lipinski definition) is 6. The summed E-state index contributed by atoms with van der Waals surface area (Å²) in [4.78, 5) is 17.9. The van der Waals surface area contributed by atoms with Crippen molar-refractivity contribution < 1.29 is 9.53 Å². The quantitative estimate of drug-likeness (QED) is 0.788. The summed E-state index contributed by atoms with van der Waals surface area (Å²) in [5.74, 6) is -0.0185. The van der Waals surface area contributed by atoms with Crippen LogP contribution in [-0.4, -0.2) is 61.7 Å². The van der Waals surface area contributed by atoms with Crippen molar-refractivity contribution in [1.82, 2.24) is 15.2 Å². The van der Waals surface area contributed by atoms with E-state index in [-0.39, 0.29) is 12.0 Å². The lowest BCUT2D eigenvalue weighted by atomic mass is 10.2. The minimum atomic E-state index is -0.0185. The number of likely N-dealkylation sites (N-methyl/N-ethyl adjacent to an activating group) is 1. The Hall–Kier alpha value is -1.02. The van der Waals surface area contributed by atoms with Crippen molar-refractivity contribution in [2.24, 2.45) is 0 Å². The van der Waals surface area contributed by atoms with Gasteiger partial charge in [-0.25, -0.2) is 4.98 Å². The Morgan fingerprint density at radius 3 is 3.33 bits per heavy atom. The number of carbonyl (C=O) groups is 1. The number of rotatable bonds is 5. The number of morpholine rings is 1. The number of hydrogen-bond donors (Lipinski definition) is 2. The van der Waals surface area contributed by atoms with Gasteiger partial charge in [0.1, 0.15) is 0 Å². The van der Waals surface area contributed by atoms with Gasteiger partial charge in [0.15, 0.2) is 5.13 Å². The fraction of sp³-hybridized carbons (Fsp3) is 0.636. The van der Waals surface area contributed by atoms with Gasteiger partial charge >= 0.3 is 0 Å². The van der Waals surface area contributed by atoms with E-state index in [1.165, 1.54) is 11.3 Å². The molecule has 2 rings (SSSR count). The predicted molar refractivity (Wildman–Crippen MR) is 70.9 cm³/mol. The normalized spacial score (nSPS) is 20.8. The number of amides is 1. The highest BCUT2D eigenvalue weighted by Gasteiger charge is 2.21. The Morgan fingerprint density at radius 2 is 2.61 bits per heavy atom. The summed E-state index contributed by atoms with van der Waals surface area (Å²) in [6.07, 6.45) is 1.84. The van der Waals surface area contributed by atoms with Gasteiger partial charge in [0.2, 0.25) is 5.91 Å². The van der Waals surface area contributed by atoms with Crippen LogP contribution in [0.2, 0.25) is 0 Å². The van der Waals surface area contributed by atoms with E-state index >= 15 is 0 Å². The Labute approximate surface area is 110 Å². The molecule has 0 aliphatic carbocycles. The Balaban J connectivity index is 1.76. The Bertz CT molecular complexity index is 369. The molecule has 1 amide bonds. The van der Waals surface area contributed by atoms with E-state index in [2.05, 4.69) is 20.5 Å². The van der Waals surface area contributed by atoms with Crippen LogP contribution in [0.4, 0.5) is 5.13 Å². The number of anilines is 1. The first-order valence-corrected chi connectivity index (χ1v) is 6.84. The molecule has 18 heavy (non-hydrogen) atoms. The van der Waals surface area contributed by atoms with Gasteiger partial charge in [-0.3, -0.25) is 9.69 Å². The molecule has 1 saturated heterocycles. The SMILES string of the molecule is CNCC1CN(CC(=O)Nc2nccs2)CCO1. The lowest BCUT2D eigenvalue weighted by Gasteiger charge is -2.32. The maximum Gasteiger partial charge on any atom is 0.240 e. The number of carbonyl (C=O) groups excluding carboxylic acids is 1. The molecule has 1 aromatic heterocycles. The minimum absolute atomic E-state index is 0.0185. The van der Waals surface area contributed by atoms with E-state index in [1.807, 2.05) is 12.4 Å². The standard InChI is InChI=1S/C11H18N4O2S/c1-12-6-9-7-15(3-4-17-9)8-10(16)14-11-13-2-5-18-11/h2,5,9,12H,3-4,6-8H2,1H3,(H,13,14,16). The van der Waals surface area contributed by atoms with Gasteiger partial charge in [-0.1, -0.05) is 0 Å². The molecular formula is C11H18N4O2S. The van der Waals surface area contributed by atoms with Crippen molar-refractivity contribution in [2.75, 3.05) is 45.2 Å². The van der Waals surface area contributed by atoms with Crippen LogP contribution in [0.1, 0.15) is 0 Å². The predicted octanol–water partition coefficient (Wildman–Crippen LogP) is 0.00180. The fourth-order valence-electron chi connectivity index (χ4n) is 1.92. The van der Waals surface area contributed by atoms with Gasteiger partial charge in [-0.15, -0.1) is 11.3 Å². The zero-order valence-electron chi connectivity index (χ0n) is 10.4. The summed E-state index contributed by atoms with van der Waals surface area (Å²) in [7, 11) is 1.90. The molecule has 2 heterocycles. The molecule has 0 spiro atoms. The van der Waals surface area contributed by atoms with Crippen LogP contribution < -0.4 is 10.6 Å². The molecular weight excluding hydrogens is 252 g/mol. The molecule has 6 nitrogen and oxygen atoms in total. The summed E-state index contributed by atoms with van der Waals surface area (Å²) in [6, 6.07) is 0. The van der Waals surface area contributed by atoms with Gasteiger partial charge in [-0.2, -0.15) is 0 Å². The first-order valence-electron chi connectivity index (χ1n) is 5.96. The molecule has 1 aromatic rings. The number of aromatic nitrogens is 1. The first-order chi connectivity index (χ1) is 8.78. The van der Waals surface area contributed by atoms with Gasteiger partial charge in [0.25, 0.3) is 0 Å². The number of nitrogens with zero attached hydrogens (tertiary/aromatic N) is 2. The summed E-state index contributed by atoms with van der Waals surface area (Å²) < 4.78 is 5.59. The fourth-order valence-corrected chi connectivity index (χ4v) is 2.47. The average molecular weight is 270 g/mol. The Kier molecular flexibility index (Phi) is 5.06. The maximum atomic E-state index is 11.8. The molecule has 0 radical (unpaired) electrons. The van der Waals surface area contributed by atoms with E-state index < -0.39 is 0 Å². The Morgan fingerprint density at radius 1 is 1.72 bits per heavy atom. The molecule has 0 bridgehead atoms. The molecule has 1 fully saturated rings. The third-order valence-electron chi connectivity index (χ3n) is 2.70. The monoisotopic (exact) mass is 270 g/mol. The largest absolute Gasteiger partial charge is 0.374 e. The zero-order chi connectivity index (χ0) is 12.8. The number of thiazole rings is 1. The molecule has 1 unspecified atom stereocenters. The minimum Gasteiger partial charge on any atom is -0.374 e. The van der Waals surface area contributed by atoms with E-state index in [0.717, 1.165) is 19.6 Å². The van der Waals surface area contributed by atoms with Crippen molar-refractivity contribution in [2.45, 2.75) is 6.10 Å². The number of nitrogens with one attached hydrogen (secondary N) is 2. The van der Waals surface area contributed by atoms with Crippen LogP contribution in [0.15, 0.2) is 11.6 Å². The maximum absolute atomic E-state index is 11.8. The van der Waals surface area contributed by atoms with Gasteiger partial charge in [0, 0.05) is 31.2 Å². The second kappa shape index (κ2) is 6.79. The molecule has 0 saturated carbocycles. The van der Waals surface area contributed by atoms with Gasteiger partial charge in [-0.05, 0) is 7.05 Å². The average Bonchev–Trinajstić information content (AvgIpc) is 2.82. The smallest absolute Gasteiger partial charge is 0.240 e. The molecule has 1 atom stereocenters. The van der Waals surface area contributed by atoms with E-state index in [4.69, 9.17) is 4.74 Å². The molecule has 1 aliphatic heterocycles. The highest BCUT2D eigenvalue weighted by Crippen LogP contribution is 2.10. The van der Waals surface area contributed by atoms with Crippen LogP contribution in [0.25, 0.3) is 0 Å². The van der Waals surface area contributed by atoms with Gasteiger partial charge < -0.3 is 15.4 Å². The number of ether oxygens (including phenoxy) is 1. The molecule has 100 valence electrons. The van der Waals surface area contributed by atoms with Crippen molar-refractivity contribution in [3.05, 3.63) is 11.6 Å². The van der Waals surface area contributed by atoms with Gasteiger partial charge in [0.05, 0.1) is 19.3 Å². The summed E-state index contributed by atoms with van der Waals surface area (Å²) in [5.41, 5.74) is 0. The van der Waals surface area contributed by atoms with Crippen LogP contribution >= 0.6 is 11.3 Å². The third kappa shape index (κ3) is 4.02. The summed E-state index contributed by atoms with van der Waals surface area (Å²) in [5, 5.41) is 8.37. The van der Waals surface area contributed by atoms with Crippen LogP contribution in [0.5, 0.6) is 0 Å². The zero-order valence-corrected chi connectivity index (χ0v) is 11.2. The van der Waals surface area contributed by atoms with E-state index in [9.17, 15) is 4.79 Å². The lowest BCUT2D eigenvalue weighted by Crippen LogP contribution is -2.48. The summed E-state index contributed by atoms with van der Waals surface area (Å²) >= 11 is 1.43. The van der Waals surface area contributed by atoms with E-state index in [0.29, 0.717) is 18.3 Å². The van der Waals surface area contributed by atoms with Crippen LogP contribution in [-0.2, 0) is 9.53 Å². The highest BCUT2D eigenvalue weighted by atomic mass is 32.1. The van der Waals surface area contributed by atoms with Crippen molar-refractivity contribution in [1.29, 1.82) is 0 Å². The lowest BCUT2D eigenvalue weighted by molar-refractivity contribution is -0.119. The second-order valence-corrected chi connectivity index (χ2v) is 5.07. The van der Waals surface area contributed by atoms with Crippen molar-refractivity contribution in [3.63, 3.8) is 0 Å². The highest BCUT2D eigenvalue weighted by molar-refractivity contribution is 7.13. The van der Waals surface area contributed by atoms with Crippen molar-refractivity contribution >= 4 is 22.4 Å². The molecule has 2 N–H and O–H groups in total. The molecule has 7 heteroatoms. The van der Waals surface area contributed by atoms with Crippen LogP contribution in [0, 0.1) is 0 Å².